The Kier molecular flexibility index (Phi) is 2.40. The first-order valence-corrected chi connectivity index (χ1v) is 4.75. The van der Waals surface area contributed by atoms with Crippen LogP contribution >= 0.6 is 15.9 Å². The molecule has 1 aromatic rings. The standard InChI is InChI=1S/C7H6BrOSi/c1-10-5-2-3-6(8)7(9)4-5/h2-4,9H,1H2. The minimum atomic E-state index is 0.286. The van der Waals surface area contributed by atoms with Crippen LogP contribution < -0.4 is 5.19 Å². The van der Waals surface area contributed by atoms with Gasteiger partial charge in [0.2, 0.25) is 0 Å². The largest absolute Gasteiger partial charge is 0.507 e. The highest BCUT2D eigenvalue weighted by Crippen LogP contribution is 2.20. The van der Waals surface area contributed by atoms with Gasteiger partial charge in [0.1, 0.15) is 5.75 Å². The van der Waals surface area contributed by atoms with E-state index in [1.54, 1.807) is 6.07 Å². The van der Waals surface area contributed by atoms with Gasteiger partial charge in [-0.05, 0) is 33.2 Å². The average Bonchev–Trinajstić information content (AvgIpc) is 1.95. The predicted octanol–water partition coefficient (Wildman–Crippen LogP) is 0.916. The number of hydrogen-bond acceptors (Lipinski definition) is 1. The van der Waals surface area contributed by atoms with Crippen molar-refractivity contribution in [3.05, 3.63) is 22.7 Å². The lowest BCUT2D eigenvalue weighted by atomic mass is 10.3. The molecule has 0 aliphatic heterocycles. The van der Waals surface area contributed by atoms with Crippen molar-refractivity contribution in [2.24, 2.45) is 0 Å². The molecule has 1 rings (SSSR count). The Bertz CT molecular complexity index is 260. The molecule has 0 aromatic heterocycles. The number of phenolic OH excluding ortho intramolecular Hbond substituents is 1. The van der Waals surface area contributed by atoms with E-state index in [0.29, 0.717) is 9.13 Å². The Hall–Kier alpha value is -0.413. The molecule has 3 heteroatoms. The Labute approximate surface area is 70.3 Å². The molecule has 0 unspecified atom stereocenters. The van der Waals surface area contributed by atoms with E-state index in [9.17, 15) is 0 Å². The van der Waals surface area contributed by atoms with E-state index in [1.807, 2.05) is 12.1 Å². The van der Waals surface area contributed by atoms with Crippen LogP contribution in [-0.4, -0.2) is 20.4 Å². The number of rotatable bonds is 1. The van der Waals surface area contributed by atoms with Gasteiger partial charge in [-0.1, -0.05) is 6.07 Å². The fourth-order valence-corrected chi connectivity index (χ4v) is 1.31. The van der Waals surface area contributed by atoms with Crippen LogP contribution in [0.5, 0.6) is 5.75 Å². The third kappa shape index (κ3) is 1.55. The van der Waals surface area contributed by atoms with E-state index in [1.165, 1.54) is 0 Å². The van der Waals surface area contributed by atoms with Gasteiger partial charge in [-0.3, -0.25) is 0 Å². The minimum absolute atomic E-state index is 0.286. The molecule has 0 bridgehead atoms. The average molecular weight is 214 g/mol. The number of halogens is 1. The van der Waals surface area contributed by atoms with E-state index in [-0.39, 0.29) is 5.75 Å². The molecule has 1 nitrogen and oxygen atoms in total. The fourth-order valence-electron chi connectivity index (χ4n) is 0.623. The normalized spacial score (nSPS) is 9.30. The summed E-state index contributed by atoms with van der Waals surface area (Å²) in [5, 5.41) is 10.2. The lowest BCUT2D eigenvalue weighted by Gasteiger charge is -1.96. The van der Waals surface area contributed by atoms with Crippen molar-refractivity contribution in [3.8, 4) is 5.75 Å². The van der Waals surface area contributed by atoms with Crippen LogP contribution in [0.25, 0.3) is 0 Å². The first kappa shape index (κ1) is 7.69. The minimum Gasteiger partial charge on any atom is -0.507 e. The highest BCUT2D eigenvalue weighted by atomic mass is 79.9. The fraction of sp³-hybridized carbons (Fsp3) is 0. The van der Waals surface area contributed by atoms with Crippen LogP contribution in [0.15, 0.2) is 22.7 Å². The third-order valence-corrected chi connectivity index (χ3v) is 2.54. The second-order valence-electron chi connectivity index (χ2n) is 1.84. The van der Waals surface area contributed by atoms with Crippen LogP contribution in [0.2, 0.25) is 0 Å². The van der Waals surface area contributed by atoms with Gasteiger partial charge >= 0.3 is 0 Å². The van der Waals surface area contributed by atoms with Gasteiger partial charge in [0.05, 0.1) is 13.6 Å². The molecule has 0 saturated heterocycles. The molecule has 0 aliphatic rings. The number of benzene rings is 1. The van der Waals surface area contributed by atoms with Crippen molar-refractivity contribution in [3.63, 3.8) is 0 Å². The van der Waals surface area contributed by atoms with Gasteiger partial charge in [0, 0.05) is 0 Å². The van der Waals surface area contributed by atoms with Crippen molar-refractivity contribution in [2.75, 3.05) is 0 Å². The van der Waals surface area contributed by atoms with Crippen LogP contribution in [-0.2, 0) is 0 Å². The van der Waals surface area contributed by atoms with Crippen molar-refractivity contribution in [1.29, 1.82) is 0 Å². The molecule has 1 N–H and O–H groups in total. The van der Waals surface area contributed by atoms with E-state index >= 15 is 0 Å². The van der Waals surface area contributed by atoms with Crippen LogP contribution in [0.1, 0.15) is 0 Å². The SMILES string of the molecule is C=[Si]c1ccc(Br)c(O)c1. The van der Waals surface area contributed by atoms with E-state index in [2.05, 4.69) is 22.1 Å². The quantitative estimate of drug-likeness (QED) is 0.689. The summed E-state index contributed by atoms with van der Waals surface area (Å²) in [6.45, 7) is 0. The zero-order valence-electron chi connectivity index (χ0n) is 5.26. The van der Waals surface area contributed by atoms with Crippen molar-refractivity contribution >= 4 is 36.4 Å². The molecule has 1 aromatic carbocycles. The van der Waals surface area contributed by atoms with Crippen LogP contribution in [0.3, 0.4) is 0 Å². The molecular weight excluding hydrogens is 208 g/mol. The Morgan fingerprint density at radius 1 is 1.50 bits per heavy atom. The summed E-state index contributed by atoms with van der Waals surface area (Å²) in [5.74, 6) is 0.286. The van der Waals surface area contributed by atoms with Crippen molar-refractivity contribution < 1.29 is 5.11 Å². The topological polar surface area (TPSA) is 20.2 Å². The zero-order chi connectivity index (χ0) is 7.56. The third-order valence-electron chi connectivity index (χ3n) is 1.15. The summed E-state index contributed by atoms with van der Waals surface area (Å²) in [5.41, 5.74) is 0. The molecule has 0 saturated carbocycles. The summed E-state index contributed by atoms with van der Waals surface area (Å²) < 4.78 is 0.731. The Morgan fingerprint density at radius 3 is 2.70 bits per heavy atom. The van der Waals surface area contributed by atoms with E-state index in [4.69, 9.17) is 5.11 Å². The second-order valence-corrected chi connectivity index (χ2v) is 3.63. The summed E-state index contributed by atoms with van der Waals surface area (Å²) in [6, 6.07) is 5.48. The van der Waals surface area contributed by atoms with Crippen LogP contribution in [0.4, 0.5) is 0 Å². The van der Waals surface area contributed by atoms with Gasteiger partial charge in [0.25, 0.3) is 0 Å². The van der Waals surface area contributed by atoms with Crippen LogP contribution in [0, 0.1) is 0 Å². The Balaban J connectivity index is 3.16. The number of aromatic hydroxyl groups is 1. The summed E-state index contributed by atoms with van der Waals surface area (Å²) >= 11 is 3.19. The molecule has 0 amide bonds. The number of phenols is 1. The summed E-state index contributed by atoms with van der Waals surface area (Å²) in [4.78, 5) is 0. The van der Waals surface area contributed by atoms with Gasteiger partial charge in [-0.25, -0.2) is 0 Å². The van der Waals surface area contributed by atoms with Crippen molar-refractivity contribution in [1.82, 2.24) is 0 Å². The maximum atomic E-state index is 9.16. The first-order valence-electron chi connectivity index (χ1n) is 2.75. The highest BCUT2D eigenvalue weighted by Gasteiger charge is 1.95. The molecule has 0 aliphatic carbocycles. The molecular formula is C7H6BrOSi. The predicted molar refractivity (Wildman–Crippen MR) is 48.3 cm³/mol. The molecule has 1 radical (unpaired) electrons. The highest BCUT2D eigenvalue weighted by molar-refractivity contribution is 9.10. The zero-order valence-corrected chi connectivity index (χ0v) is 7.85. The van der Waals surface area contributed by atoms with E-state index < -0.39 is 0 Å². The smallest absolute Gasteiger partial charge is 0.129 e. The molecule has 0 spiro atoms. The lowest BCUT2D eigenvalue weighted by molar-refractivity contribution is 0.472. The lowest BCUT2D eigenvalue weighted by Crippen LogP contribution is -2.04. The monoisotopic (exact) mass is 213 g/mol. The molecule has 51 valence electrons. The molecule has 10 heavy (non-hydrogen) atoms. The molecule has 0 atom stereocenters. The molecule has 0 heterocycles. The Morgan fingerprint density at radius 2 is 2.20 bits per heavy atom. The number of hydrogen-bond donors (Lipinski definition) is 1. The van der Waals surface area contributed by atoms with Gasteiger partial charge in [0.15, 0.2) is 0 Å². The first-order chi connectivity index (χ1) is 4.74. The maximum Gasteiger partial charge on any atom is 0.129 e. The molecule has 0 fully saturated rings. The second kappa shape index (κ2) is 3.12. The summed E-state index contributed by atoms with van der Waals surface area (Å²) in [7, 11) is 0.492. The van der Waals surface area contributed by atoms with Gasteiger partial charge < -0.3 is 5.11 Å². The van der Waals surface area contributed by atoms with Gasteiger partial charge in [-0.2, -0.15) is 0 Å². The van der Waals surface area contributed by atoms with E-state index in [0.717, 1.165) is 9.66 Å². The summed E-state index contributed by atoms with van der Waals surface area (Å²) in [6.07, 6.45) is 3.73. The van der Waals surface area contributed by atoms with Gasteiger partial charge in [-0.15, -0.1) is 6.17 Å². The maximum absolute atomic E-state index is 9.16. The van der Waals surface area contributed by atoms with Crippen molar-refractivity contribution in [2.45, 2.75) is 0 Å².